The number of nitrogens with two attached hydrogens (primary N) is 1. The van der Waals surface area contributed by atoms with Gasteiger partial charge in [0.1, 0.15) is 5.76 Å². The Kier molecular flexibility index (Phi) is 4.10. The smallest absolute Gasteiger partial charge is 0.193 e. The minimum absolute atomic E-state index is 0.0128. The van der Waals surface area contributed by atoms with E-state index in [0.717, 1.165) is 37.4 Å². The van der Waals surface area contributed by atoms with Crippen molar-refractivity contribution in [3.63, 3.8) is 0 Å². The first-order valence-electron chi connectivity index (χ1n) is 6.65. The molecule has 4 nitrogen and oxygen atoms in total. The van der Waals surface area contributed by atoms with Gasteiger partial charge in [0, 0.05) is 12.4 Å². The number of thioether (sulfide) groups is 1. The molecule has 6 heteroatoms. The van der Waals surface area contributed by atoms with Crippen molar-refractivity contribution in [2.45, 2.75) is 30.9 Å². The molecule has 1 spiro atoms. The first kappa shape index (κ1) is 13.8. The molecule has 3 N–H and O–H groups in total. The third-order valence-electron chi connectivity index (χ3n) is 4.15. The molecule has 1 aromatic rings. The van der Waals surface area contributed by atoms with E-state index in [2.05, 4.69) is 5.43 Å². The lowest BCUT2D eigenvalue weighted by Gasteiger charge is -2.40. The zero-order valence-electron chi connectivity index (χ0n) is 10.7. The van der Waals surface area contributed by atoms with Gasteiger partial charge in [-0.25, -0.2) is 5.43 Å². The zero-order valence-corrected chi connectivity index (χ0v) is 12.3. The molecule has 2 saturated heterocycles. The predicted octanol–water partition coefficient (Wildman–Crippen LogP) is 2.74. The Morgan fingerprint density at radius 1 is 1.53 bits per heavy atom. The van der Waals surface area contributed by atoms with Crippen molar-refractivity contribution in [2.75, 3.05) is 18.1 Å². The van der Waals surface area contributed by atoms with Crippen LogP contribution in [0.2, 0.25) is 5.22 Å². The van der Waals surface area contributed by atoms with Crippen LogP contribution in [0.5, 0.6) is 0 Å². The summed E-state index contributed by atoms with van der Waals surface area (Å²) in [6.07, 6.45) is 3.18. The van der Waals surface area contributed by atoms with E-state index in [9.17, 15) is 0 Å². The highest BCUT2D eigenvalue weighted by atomic mass is 35.5. The molecule has 0 saturated carbocycles. The summed E-state index contributed by atoms with van der Waals surface area (Å²) in [7, 11) is 0. The van der Waals surface area contributed by atoms with Gasteiger partial charge in [-0.3, -0.25) is 5.84 Å². The van der Waals surface area contributed by atoms with Gasteiger partial charge in [0.25, 0.3) is 0 Å². The predicted molar refractivity (Wildman–Crippen MR) is 77.1 cm³/mol. The number of furan rings is 1. The Labute approximate surface area is 122 Å². The van der Waals surface area contributed by atoms with Crippen molar-refractivity contribution in [1.29, 1.82) is 0 Å². The Hall–Kier alpha value is -0.200. The molecule has 3 heterocycles. The maximum Gasteiger partial charge on any atom is 0.193 e. The molecule has 2 aliphatic heterocycles. The zero-order chi connectivity index (χ0) is 13.3. The number of ether oxygens (including phenoxy) is 1. The molecule has 0 bridgehead atoms. The third-order valence-corrected chi connectivity index (χ3v) is 5.58. The second kappa shape index (κ2) is 5.66. The van der Waals surface area contributed by atoms with Crippen LogP contribution < -0.4 is 11.3 Å². The van der Waals surface area contributed by atoms with Crippen LogP contribution in [0.4, 0.5) is 0 Å². The van der Waals surface area contributed by atoms with E-state index in [1.807, 2.05) is 17.8 Å². The molecule has 0 radical (unpaired) electrons. The van der Waals surface area contributed by atoms with Crippen LogP contribution in [0.25, 0.3) is 0 Å². The van der Waals surface area contributed by atoms with E-state index in [1.54, 1.807) is 6.07 Å². The lowest BCUT2D eigenvalue weighted by atomic mass is 9.80. The number of hydrogen-bond acceptors (Lipinski definition) is 5. The van der Waals surface area contributed by atoms with Gasteiger partial charge >= 0.3 is 0 Å². The van der Waals surface area contributed by atoms with Crippen LogP contribution in [-0.2, 0) is 4.74 Å². The molecule has 0 amide bonds. The first-order chi connectivity index (χ1) is 9.22. The number of rotatable bonds is 3. The van der Waals surface area contributed by atoms with Crippen LogP contribution in [-0.4, -0.2) is 23.7 Å². The SMILES string of the molecule is NNC(c1ccc(Cl)o1)C1CCOC2(CCSC2)C1. The molecular formula is C13H19ClN2O2S. The van der Waals surface area contributed by atoms with Gasteiger partial charge in [0.15, 0.2) is 5.22 Å². The minimum Gasteiger partial charge on any atom is -0.448 e. The van der Waals surface area contributed by atoms with Crippen LogP contribution in [0.1, 0.15) is 31.1 Å². The summed E-state index contributed by atoms with van der Waals surface area (Å²) in [4.78, 5) is 0. The number of halogens is 1. The maximum atomic E-state index is 6.05. The fourth-order valence-electron chi connectivity index (χ4n) is 3.16. The molecule has 0 aliphatic carbocycles. The van der Waals surface area contributed by atoms with Crippen LogP contribution in [0.15, 0.2) is 16.5 Å². The van der Waals surface area contributed by atoms with Gasteiger partial charge in [-0.1, -0.05) is 0 Å². The van der Waals surface area contributed by atoms with Gasteiger partial charge in [-0.05, 0) is 54.7 Å². The molecule has 3 unspecified atom stereocenters. The summed E-state index contributed by atoms with van der Waals surface area (Å²) in [6, 6.07) is 3.68. The average molecular weight is 303 g/mol. The summed E-state index contributed by atoms with van der Waals surface area (Å²) in [5.74, 6) is 9.27. The van der Waals surface area contributed by atoms with Crippen molar-refractivity contribution in [2.24, 2.45) is 11.8 Å². The molecule has 0 aromatic carbocycles. The number of hydrazine groups is 1. The van der Waals surface area contributed by atoms with Crippen molar-refractivity contribution in [1.82, 2.24) is 5.43 Å². The van der Waals surface area contributed by atoms with Crippen molar-refractivity contribution in [3.05, 3.63) is 23.1 Å². The molecule has 3 atom stereocenters. The van der Waals surface area contributed by atoms with Crippen LogP contribution in [0.3, 0.4) is 0 Å². The summed E-state index contributed by atoms with van der Waals surface area (Å²) >= 11 is 7.84. The first-order valence-corrected chi connectivity index (χ1v) is 8.19. The molecule has 106 valence electrons. The van der Waals surface area contributed by atoms with E-state index < -0.39 is 0 Å². The lowest BCUT2D eigenvalue weighted by Crippen LogP contribution is -2.45. The van der Waals surface area contributed by atoms with Gasteiger partial charge in [-0.15, -0.1) is 0 Å². The quantitative estimate of drug-likeness (QED) is 0.664. The van der Waals surface area contributed by atoms with E-state index in [-0.39, 0.29) is 11.6 Å². The average Bonchev–Trinajstić information content (AvgIpc) is 3.01. The normalized spacial score (nSPS) is 32.8. The summed E-state index contributed by atoms with van der Waals surface area (Å²) in [6.45, 7) is 0.803. The molecule has 2 aliphatic rings. The monoisotopic (exact) mass is 302 g/mol. The Morgan fingerprint density at radius 3 is 3.05 bits per heavy atom. The summed E-state index contributed by atoms with van der Waals surface area (Å²) in [5.41, 5.74) is 2.95. The van der Waals surface area contributed by atoms with Gasteiger partial charge in [0.2, 0.25) is 0 Å². The third kappa shape index (κ3) is 2.81. The lowest BCUT2D eigenvalue weighted by molar-refractivity contribution is -0.0864. The topological polar surface area (TPSA) is 60.4 Å². The van der Waals surface area contributed by atoms with E-state index >= 15 is 0 Å². The van der Waals surface area contributed by atoms with Crippen LogP contribution in [0, 0.1) is 5.92 Å². The van der Waals surface area contributed by atoms with Gasteiger partial charge in [-0.2, -0.15) is 11.8 Å². The van der Waals surface area contributed by atoms with Crippen LogP contribution >= 0.6 is 23.4 Å². The van der Waals surface area contributed by atoms with E-state index in [0.29, 0.717) is 11.1 Å². The second-order valence-corrected chi connectivity index (χ2v) is 6.85. The summed E-state index contributed by atoms with van der Waals surface area (Å²) < 4.78 is 11.6. The summed E-state index contributed by atoms with van der Waals surface area (Å²) in [5, 5.41) is 0.411. The Balaban J connectivity index is 1.76. The fraction of sp³-hybridized carbons (Fsp3) is 0.692. The highest BCUT2D eigenvalue weighted by molar-refractivity contribution is 7.99. The highest BCUT2D eigenvalue weighted by Gasteiger charge is 2.43. The van der Waals surface area contributed by atoms with E-state index in [4.69, 9.17) is 26.6 Å². The molecule has 19 heavy (non-hydrogen) atoms. The molecule has 2 fully saturated rings. The number of nitrogens with one attached hydrogen (secondary N) is 1. The van der Waals surface area contributed by atoms with Crippen molar-refractivity contribution >= 4 is 23.4 Å². The molecule has 1 aromatic heterocycles. The van der Waals surface area contributed by atoms with E-state index in [1.165, 1.54) is 5.75 Å². The van der Waals surface area contributed by atoms with Gasteiger partial charge in [0.05, 0.1) is 11.6 Å². The second-order valence-electron chi connectivity index (χ2n) is 5.37. The van der Waals surface area contributed by atoms with Gasteiger partial charge < -0.3 is 9.15 Å². The van der Waals surface area contributed by atoms with Crippen molar-refractivity contribution in [3.8, 4) is 0 Å². The largest absolute Gasteiger partial charge is 0.448 e. The highest BCUT2D eigenvalue weighted by Crippen LogP contribution is 2.44. The minimum atomic E-state index is 0.0128. The van der Waals surface area contributed by atoms with Crippen molar-refractivity contribution < 1.29 is 9.15 Å². The molecule has 3 rings (SSSR count). The Morgan fingerprint density at radius 2 is 2.42 bits per heavy atom. The standard InChI is InChI=1S/C13H19ClN2O2S/c14-11-2-1-10(18-11)12(16-15)9-3-5-17-13(7-9)4-6-19-8-13/h1-2,9,12,16H,3-8,15H2. The molecular weight excluding hydrogens is 284 g/mol. The maximum absolute atomic E-state index is 6.05. The number of hydrogen-bond donors (Lipinski definition) is 2. The Bertz CT molecular complexity index is 434. The fourth-order valence-corrected chi connectivity index (χ4v) is 4.69.